The van der Waals surface area contributed by atoms with Crippen LogP contribution in [-0.2, 0) is 13.0 Å². The molecule has 0 aliphatic heterocycles. The maximum Gasteiger partial charge on any atom is 0.118 e. The van der Waals surface area contributed by atoms with Gasteiger partial charge in [0, 0.05) is 18.8 Å². The molecule has 1 atom stereocenters. The summed E-state index contributed by atoms with van der Waals surface area (Å²) >= 11 is 0. The van der Waals surface area contributed by atoms with Gasteiger partial charge in [0.2, 0.25) is 0 Å². The predicted octanol–water partition coefficient (Wildman–Crippen LogP) is 3.20. The number of aromatic nitrogens is 2. The van der Waals surface area contributed by atoms with E-state index in [1.807, 2.05) is 18.3 Å². The number of nitrogens with one attached hydrogen (secondary N) is 1. The molecule has 0 aliphatic carbocycles. The van der Waals surface area contributed by atoms with Gasteiger partial charge in [-0.1, -0.05) is 19.1 Å². The fourth-order valence-electron chi connectivity index (χ4n) is 2.61. The summed E-state index contributed by atoms with van der Waals surface area (Å²) in [6, 6.07) is 10.8. The lowest BCUT2D eigenvalue weighted by Crippen LogP contribution is -2.24. The molecular formula is C17H25N3O. The Labute approximate surface area is 127 Å². The van der Waals surface area contributed by atoms with E-state index in [-0.39, 0.29) is 0 Å². The van der Waals surface area contributed by atoms with Gasteiger partial charge in [-0.25, -0.2) is 0 Å². The third-order valence-electron chi connectivity index (χ3n) is 3.74. The molecule has 2 rings (SSSR count). The Morgan fingerprint density at radius 3 is 2.57 bits per heavy atom. The quantitative estimate of drug-likeness (QED) is 0.810. The van der Waals surface area contributed by atoms with Gasteiger partial charge in [-0.3, -0.25) is 4.68 Å². The average molecular weight is 287 g/mol. The molecule has 0 amide bonds. The van der Waals surface area contributed by atoms with Gasteiger partial charge < -0.3 is 10.1 Å². The van der Waals surface area contributed by atoms with Crippen molar-refractivity contribution in [3.05, 3.63) is 47.8 Å². The fraction of sp³-hybridized carbons (Fsp3) is 0.471. The van der Waals surface area contributed by atoms with Gasteiger partial charge in [-0.05, 0) is 50.1 Å². The van der Waals surface area contributed by atoms with Crippen LogP contribution in [0.2, 0.25) is 0 Å². The van der Waals surface area contributed by atoms with Crippen molar-refractivity contribution in [1.82, 2.24) is 15.1 Å². The number of rotatable bonds is 8. The smallest absolute Gasteiger partial charge is 0.118 e. The lowest BCUT2D eigenvalue weighted by molar-refractivity contribution is 0.414. The number of methoxy groups -OCH3 is 1. The van der Waals surface area contributed by atoms with E-state index in [0.29, 0.717) is 6.04 Å². The van der Waals surface area contributed by atoms with Crippen molar-refractivity contribution in [2.45, 2.75) is 39.3 Å². The first-order valence-electron chi connectivity index (χ1n) is 7.66. The van der Waals surface area contributed by atoms with Crippen molar-refractivity contribution in [2.75, 3.05) is 13.7 Å². The molecule has 0 saturated carbocycles. The van der Waals surface area contributed by atoms with Gasteiger partial charge in [0.15, 0.2) is 0 Å². The molecule has 1 N–H and O–H groups in total. The van der Waals surface area contributed by atoms with Crippen molar-refractivity contribution in [2.24, 2.45) is 0 Å². The van der Waals surface area contributed by atoms with Crippen LogP contribution in [-0.4, -0.2) is 23.4 Å². The minimum absolute atomic E-state index is 0.347. The highest BCUT2D eigenvalue weighted by atomic mass is 16.5. The molecule has 0 fully saturated rings. The number of benzene rings is 1. The molecule has 4 heteroatoms. The molecule has 4 nitrogen and oxygen atoms in total. The Kier molecular flexibility index (Phi) is 5.81. The van der Waals surface area contributed by atoms with Crippen molar-refractivity contribution >= 4 is 0 Å². The van der Waals surface area contributed by atoms with Crippen LogP contribution >= 0.6 is 0 Å². The van der Waals surface area contributed by atoms with Crippen molar-refractivity contribution in [3.8, 4) is 5.75 Å². The van der Waals surface area contributed by atoms with Crippen LogP contribution in [0.5, 0.6) is 5.75 Å². The Balaban J connectivity index is 2.02. The van der Waals surface area contributed by atoms with Crippen molar-refractivity contribution in [3.63, 3.8) is 0 Å². The van der Waals surface area contributed by atoms with Gasteiger partial charge in [0.25, 0.3) is 0 Å². The highest BCUT2D eigenvalue weighted by Crippen LogP contribution is 2.20. The number of hydrogen-bond donors (Lipinski definition) is 1. The van der Waals surface area contributed by atoms with E-state index in [9.17, 15) is 0 Å². The minimum atomic E-state index is 0.347. The summed E-state index contributed by atoms with van der Waals surface area (Å²) in [5, 5.41) is 7.94. The van der Waals surface area contributed by atoms with E-state index in [1.54, 1.807) is 7.11 Å². The predicted molar refractivity (Wildman–Crippen MR) is 85.6 cm³/mol. The molecule has 21 heavy (non-hydrogen) atoms. The second-order valence-corrected chi connectivity index (χ2v) is 5.07. The molecule has 1 heterocycles. The number of hydrogen-bond acceptors (Lipinski definition) is 3. The molecular weight excluding hydrogens is 262 g/mol. The van der Waals surface area contributed by atoms with Crippen LogP contribution < -0.4 is 10.1 Å². The van der Waals surface area contributed by atoms with Crippen LogP contribution in [0.1, 0.15) is 37.6 Å². The zero-order chi connectivity index (χ0) is 15.1. The first-order chi connectivity index (χ1) is 10.3. The Morgan fingerprint density at radius 1 is 1.19 bits per heavy atom. The Bertz CT molecular complexity index is 533. The van der Waals surface area contributed by atoms with E-state index >= 15 is 0 Å². The van der Waals surface area contributed by atoms with Crippen LogP contribution in [0.4, 0.5) is 0 Å². The second kappa shape index (κ2) is 7.84. The van der Waals surface area contributed by atoms with Crippen LogP contribution in [0.25, 0.3) is 0 Å². The van der Waals surface area contributed by atoms with E-state index in [0.717, 1.165) is 31.7 Å². The topological polar surface area (TPSA) is 39.1 Å². The van der Waals surface area contributed by atoms with E-state index in [1.165, 1.54) is 11.3 Å². The minimum Gasteiger partial charge on any atom is -0.497 e. The first-order valence-corrected chi connectivity index (χ1v) is 7.66. The SMILES string of the molecule is CCNC(CCc1ccc(OC)cc1)c1ccnn1CC. The lowest BCUT2D eigenvalue weighted by Gasteiger charge is -2.19. The normalized spacial score (nSPS) is 12.3. The van der Waals surface area contributed by atoms with E-state index in [4.69, 9.17) is 4.74 Å². The number of ether oxygens (including phenoxy) is 1. The van der Waals surface area contributed by atoms with Gasteiger partial charge in [0.1, 0.15) is 5.75 Å². The van der Waals surface area contributed by atoms with Crippen LogP contribution in [0, 0.1) is 0 Å². The standard InChI is InChI=1S/C17H25N3O/c1-4-18-16(17-12-13-19-20(17)5-2)11-8-14-6-9-15(21-3)10-7-14/h6-7,9-10,12-13,16,18H,4-5,8,11H2,1-3H3. The van der Waals surface area contributed by atoms with Gasteiger partial charge >= 0.3 is 0 Å². The molecule has 0 radical (unpaired) electrons. The third kappa shape index (κ3) is 4.08. The Morgan fingerprint density at radius 2 is 1.95 bits per heavy atom. The molecule has 0 saturated heterocycles. The summed E-state index contributed by atoms with van der Waals surface area (Å²) in [5.74, 6) is 0.908. The zero-order valence-electron chi connectivity index (χ0n) is 13.2. The summed E-state index contributed by atoms with van der Waals surface area (Å²) in [4.78, 5) is 0. The summed E-state index contributed by atoms with van der Waals surface area (Å²) in [6.45, 7) is 6.14. The summed E-state index contributed by atoms with van der Waals surface area (Å²) in [5.41, 5.74) is 2.61. The average Bonchev–Trinajstić information content (AvgIpc) is 3.00. The molecule has 0 spiro atoms. The monoisotopic (exact) mass is 287 g/mol. The summed E-state index contributed by atoms with van der Waals surface area (Å²) in [6.07, 6.45) is 3.99. The zero-order valence-corrected chi connectivity index (χ0v) is 13.2. The second-order valence-electron chi connectivity index (χ2n) is 5.07. The van der Waals surface area contributed by atoms with Gasteiger partial charge in [-0.2, -0.15) is 5.10 Å². The lowest BCUT2D eigenvalue weighted by atomic mass is 10.0. The van der Waals surface area contributed by atoms with Gasteiger partial charge in [-0.15, -0.1) is 0 Å². The van der Waals surface area contributed by atoms with Gasteiger partial charge in [0.05, 0.1) is 12.8 Å². The van der Waals surface area contributed by atoms with Crippen LogP contribution in [0.15, 0.2) is 36.5 Å². The fourth-order valence-corrected chi connectivity index (χ4v) is 2.61. The molecule has 0 bridgehead atoms. The summed E-state index contributed by atoms with van der Waals surface area (Å²) in [7, 11) is 1.70. The molecule has 114 valence electrons. The largest absolute Gasteiger partial charge is 0.497 e. The molecule has 0 aliphatic rings. The molecule has 2 aromatic rings. The Hall–Kier alpha value is -1.81. The van der Waals surface area contributed by atoms with E-state index in [2.05, 4.69) is 47.1 Å². The highest BCUT2D eigenvalue weighted by molar-refractivity contribution is 5.27. The number of aryl methyl sites for hydroxylation is 2. The van der Waals surface area contributed by atoms with E-state index < -0.39 is 0 Å². The first kappa shape index (κ1) is 15.6. The number of nitrogens with zero attached hydrogens (tertiary/aromatic N) is 2. The molecule has 1 aromatic heterocycles. The van der Waals surface area contributed by atoms with Crippen LogP contribution in [0.3, 0.4) is 0 Å². The highest BCUT2D eigenvalue weighted by Gasteiger charge is 2.14. The molecule has 1 aromatic carbocycles. The molecule has 1 unspecified atom stereocenters. The van der Waals surface area contributed by atoms with Crippen molar-refractivity contribution in [1.29, 1.82) is 0 Å². The van der Waals surface area contributed by atoms with Crippen molar-refractivity contribution < 1.29 is 4.74 Å². The summed E-state index contributed by atoms with van der Waals surface area (Å²) < 4.78 is 7.27. The maximum atomic E-state index is 5.20. The third-order valence-corrected chi connectivity index (χ3v) is 3.74. The maximum absolute atomic E-state index is 5.20.